The predicted octanol–water partition coefficient (Wildman–Crippen LogP) is 3.75. The van der Waals surface area contributed by atoms with Crippen molar-refractivity contribution in [3.63, 3.8) is 0 Å². The van der Waals surface area contributed by atoms with Crippen LogP contribution in [0.15, 0.2) is 65.7 Å². The molecule has 126 valence electrons. The second-order valence-electron chi connectivity index (χ2n) is 5.10. The zero-order chi connectivity index (χ0) is 17.8. The van der Waals surface area contributed by atoms with Gasteiger partial charge in [-0.15, -0.1) is 11.8 Å². The second kappa shape index (κ2) is 7.18. The van der Waals surface area contributed by atoms with Gasteiger partial charge in [-0.2, -0.15) is 5.10 Å². The van der Waals surface area contributed by atoms with E-state index in [0.29, 0.717) is 11.4 Å². The van der Waals surface area contributed by atoms with E-state index in [1.807, 2.05) is 30.5 Å². The second-order valence-corrected chi connectivity index (χ2v) is 5.98. The van der Waals surface area contributed by atoms with Crippen LogP contribution in [0.4, 0.5) is 11.4 Å². The molecule has 0 aliphatic rings. The Morgan fingerprint density at radius 3 is 2.40 bits per heavy atom. The molecule has 25 heavy (non-hydrogen) atoms. The number of anilines is 1. The molecule has 0 fully saturated rings. The lowest BCUT2D eigenvalue weighted by molar-refractivity contribution is -0.384. The third-order valence-corrected chi connectivity index (χ3v) is 4.24. The first-order chi connectivity index (χ1) is 12.1. The molecule has 0 aliphatic carbocycles. The number of nitrogens with zero attached hydrogens (tertiary/aromatic N) is 3. The Morgan fingerprint density at radius 1 is 1.12 bits per heavy atom. The van der Waals surface area contributed by atoms with Crippen molar-refractivity contribution in [3.05, 3.63) is 76.6 Å². The zero-order valence-corrected chi connectivity index (χ0v) is 14.1. The van der Waals surface area contributed by atoms with E-state index >= 15 is 0 Å². The first-order valence-electron chi connectivity index (χ1n) is 7.33. The van der Waals surface area contributed by atoms with Crippen molar-refractivity contribution in [1.82, 2.24) is 9.78 Å². The normalized spacial score (nSPS) is 10.4. The van der Waals surface area contributed by atoms with Gasteiger partial charge in [0.1, 0.15) is 0 Å². The maximum atomic E-state index is 12.3. The van der Waals surface area contributed by atoms with E-state index in [0.717, 1.165) is 4.90 Å². The molecule has 2 aromatic carbocycles. The van der Waals surface area contributed by atoms with Crippen LogP contribution in [0.1, 0.15) is 10.5 Å². The minimum Gasteiger partial charge on any atom is -0.321 e. The average Bonchev–Trinajstić information content (AvgIpc) is 3.13. The lowest BCUT2D eigenvalue weighted by Crippen LogP contribution is -2.13. The van der Waals surface area contributed by atoms with Crippen LogP contribution in [0.5, 0.6) is 0 Å². The van der Waals surface area contributed by atoms with Crippen LogP contribution < -0.4 is 5.32 Å². The number of carbonyl (C=O) groups is 1. The molecular weight excluding hydrogens is 340 g/mol. The highest BCUT2D eigenvalue weighted by molar-refractivity contribution is 7.98. The van der Waals surface area contributed by atoms with Crippen LogP contribution in [0.3, 0.4) is 0 Å². The molecule has 3 rings (SSSR count). The number of hydrogen-bond donors (Lipinski definition) is 1. The standard InChI is InChI=1S/C17H14N4O3S/c1-25-15-8-2-12(3-9-15)18-17(22)16-10-11-20(19-16)13-4-6-14(7-5-13)21(23)24/h2-11H,1H3,(H,18,22). The fourth-order valence-electron chi connectivity index (χ4n) is 2.19. The third-order valence-electron chi connectivity index (χ3n) is 3.49. The number of thioether (sulfide) groups is 1. The smallest absolute Gasteiger partial charge is 0.276 e. The molecule has 1 amide bonds. The minimum atomic E-state index is -0.464. The molecule has 0 saturated heterocycles. The lowest BCUT2D eigenvalue weighted by atomic mass is 10.3. The predicted molar refractivity (Wildman–Crippen MR) is 96.4 cm³/mol. The molecular formula is C17H14N4O3S. The number of non-ortho nitro benzene ring substituents is 1. The summed E-state index contributed by atoms with van der Waals surface area (Å²) in [6.45, 7) is 0. The number of nitro groups is 1. The van der Waals surface area contributed by atoms with Crippen LogP contribution >= 0.6 is 11.8 Å². The number of hydrogen-bond acceptors (Lipinski definition) is 5. The number of benzene rings is 2. The number of aromatic nitrogens is 2. The van der Waals surface area contributed by atoms with Gasteiger partial charge in [0, 0.05) is 28.9 Å². The summed E-state index contributed by atoms with van der Waals surface area (Å²) in [5.74, 6) is -0.322. The molecule has 0 radical (unpaired) electrons. The van der Waals surface area contributed by atoms with Gasteiger partial charge in [-0.3, -0.25) is 14.9 Å². The Balaban J connectivity index is 1.73. The molecule has 3 aromatic rings. The fraction of sp³-hybridized carbons (Fsp3) is 0.0588. The number of rotatable bonds is 5. The molecule has 1 N–H and O–H groups in total. The lowest BCUT2D eigenvalue weighted by Gasteiger charge is -2.04. The van der Waals surface area contributed by atoms with Crippen LogP contribution in [0.2, 0.25) is 0 Å². The van der Waals surface area contributed by atoms with Gasteiger partial charge in [0.15, 0.2) is 5.69 Å². The summed E-state index contributed by atoms with van der Waals surface area (Å²) >= 11 is 1.63. The van der Waals surface area contributed by atoms with Crippen molar-refractivity contribution < 1.29 is 9.72 Å². The van der Waals surface area contributed by atoms with Gasteiger partial charge < -0.3 is 5.32 Å². The highest BCUT2D eigenvalue weighted by atomic mass is 32.2. The summed E-state index contributed by atoms with van der Waals surface area (Å²) in [6, 6.07) is 15.0. The molecule has 1 aromatic heterocycles. The number of nitrogens with one attached hydrogen (secondary N) is 1. The van der Waals surface area contributed by atoms with Gasteiger partial charge in [0.05, 0.1) is 10.6 Å². The Labute approximate surface area is 147 Å². The topological polar surface area (TPSA) is 90.1 Å². The van der Waals surface area contributed by atoms with E-state index < -0.39 is 4.92 Å². The first-order valence-corrected chi connectivity index (χ1v) is 8.55. The number of nitro benzene ring substituents is 1. The van der Waals surface area contributed by atoms with Crippen molar-refractivity contribution in [2.45, 2.75) is 4.90 Å². The largest absolute Gasteiger partial charge is 0.321 e. The fourth-order valence-corrected chi connectivity index (χ4v) is 2.59. The maximum Gasteiger partial charge on any atom is 0.276 e. The SMILES string of the molecule is CSc1ccc(NC(=O)c2ccn(-c3ccc([N+](=O)[O-])cc3)n2)cc1. The highest BCUT2D eigenvalue weighted by Gasteiger charge is 2.11. The van der Waals surface area contributed by atoms with E-state index in [2.05, 4.69) is 10.4 Å². The Morgan fingerprint density at radius 2 is 1.80 bits per heavy atom. The van der Waals surface area contributed by atoms with Crippen molar-refractivity contribution in [1.29, 1.82) is 0 Å². The van der Waals surface area contributed by atoms with E-state index in [1.165, 1.54) is 16.8 Å². The average molecular weight is 354 g/mol. The van der Waals surface area contributed by atoms with E-state index in [9.17, 15) is 14.9 Å². The van der Waals surface area contributed by atoms with Gasteiger partial charge >= 0.3 is 0 Å². The van der Waals surface area contributed by atoms with Gasteiger partial charge in [0.25, 0.3) is 11.6 Å². The summed E-state index contributed by atoms with van der Waals surface area (Å²) in [4.78, 5) is 23.6. The molecule has 7 nitrogen and oxygen atoms in total. The monoisotopic (exact) mass is 354 g/mol. The maximum absolute atomic E-state index is 12.3. The quantitative estimate of drug-likeness (QED) is 0.428. The van der Waals surface area contributed by atoms with E-state index in [-0.39, 0.29) is 17.3 Å². The van der Waals surface area contributed by atoms with Gasteiger partial charge in [-0.25, -0.2) is 4.68 Å². The van der Waals surface area contributed by atoms with Crippen LogP contribution in [-0.2, 0) is 0 Å². The molecule has 0 unspecified atom stereocenters. The first kappa shape index (κ1) is 16.7. The zero-order valence-electron chi connectivity index (χ0n) is 13.2. The summed E-state index contributed by atoms with van der Waals surface area (Å²) < 4.78 is 1.50. The molecule has 0 bridgehead atoms. The Hall–Kier alpha value is -3.13. The van der Waals surface area contributed by atoms with Crippen LogP contribution in [-0.4, -0.2) is 26.9 Å². The van der Waals surface area contributed by atoms with E-state index in [4.69, 9.17) is 0 Å². The Kier molecular flexibility index (Phi) is 4.80. The number of amides is 1. The van der Waals surface area contributed by atoms with Crippen LogP contribution in [0, 0.1) is 10.1 Å². The van der Waals surface area contributed by atoms with Crippen molar-refractivity contribution in [3.8, 4) is 5.69 Å². The van der Waals surface area contributed by atoms with Gasteiger partial charge in [0.2, 0.25) is 0 Å². The summed E-state index contributed by atoms with van der Waals surface area (Å²) in [5.41, 5.74) is 1.58. The van der Waals surface area contributed by atoms with Gasteiger partial charge in [-0.1, -0.05) is 0 Å². The highest BCUT2D eigenvalue weighted by Crippen LogP contribution is 2.18. The number of carbonyl (C=O) groups excluding carboxylic acids is 1. The van der Waals surface area contributed by atoms with Crippen molar-refractivity contribution >= 4 is 29.0 Å². The molecule has 8 heteroatoms. The van der Waals surface area contributed by atoms with Crippen molar-refractivity contribution in [2.75, 3.05) is 11.6 Å². The Bertz CT molecular complexity index is 904. The summed E-state index contributed by atoms with van der Waals surface area (Å²) in [6.07, 6.45) is 3.62. The summed E-state index contributed by atoms with van der Waals surface area (Å²) in [7, 11) is 0. The van der Waals surface area contributed by atoms with Crippen molar-refractivity contribution in [2.24, 2.45) is 0 Å². The van der Waals surface area contributed by atoms with Gasteiger partial charge in [-0.05, 0) is 48.7 Å². The molecule has 0 spiro atoms. The molecule has 0 saturated carbocycles. The van der Waals surface area contributed by atoms with Crippen LogP contribution in [0.25, 0.3) is 5.69 Å². The summed E-state index contributed by atoms with van der Waals surface area (Å²) in [5, 5.41) is 17.7. The molecule has 0 aliphatic heterocycles. The molecule has 1 heterocycles. The minimum absolute atomic E-state index is 0.00237. The van der Waals surface area contributed by atoms with E-state index in [1.54, 1.807) is 36.2 Å². The molecule has 0 atom stereocenters. The third kappa shape index (κ3) is 3.86.